The van der Waals surface area contributed by atoms with E-state index < -0.39 is 6.61 Å². The second-order valence-electron chi connectivity index (χ2n) is 6.16. The fraction of sp³-hybridized carbons (Fsp3) is 0.381. The van der Waals surface area contributed by atoms with Crippen molar-refractivity contribution in [3.05, 3.63) is 47.5 Å². The molecule has 2 aromatic rings. The number of benzene rings is 2. The summed E-state index contributed by atoms with van der Waals surface area (Å²) in [6.07, 6.45) is 0.584. The van der Waals surface area contributed by atoms with Gasteiger partial charge in [-0.05, 0) is 41.8 Å². The van der Waals surface area contributed by atoms with Crippen LogP contribution in [0.2, 0.25) is 0 Å². The molecule has 0 aliphatic heterocycles. The van der Waals surface area contributed by atoms with Crippen LogP contribution < -0.4 is 29.6 Å². The van der Waals surface area contributed by atoms with E-state index in [1.165, 1.54) is 7.11 Å². The van der Waals surface area contributed by atoms with Gasteiger partial charge in [0.2, 0.25) is 0 Å². The number of hydrogen-bond donors (Lipinski definition) is 2. The number of hydrogen-bond acceptors (Lipinski definition) is 5. The highest BCUT2D eigenvalue weighted by Gasteiger charge is 2.11. The van der Waals surface area contributed by atoms with Crippen LogP contribution in [0.15, 0.2) is 41.4 Å². The van der Waals surface area contributed by atoms with E-state index in [-0.39, 0.29) is 35.5 Å². The summed E-state index contributed by atoms with van der Waals surface area (Å²) < 4.78 is 45.2. The molecule has 0 spiro atoms. The minimum absolute atomic E-state index is 0. The highest BCUT2D eigenvalue weighted by molar-refractivity contribution is 14.0. The van der Waals surface area contributed by atoms with Gasteiger partial charge in [-0.25, -0.2) is 0 Å². The summed E-state index contributed by atoms with van der Waals surface area (Å²) >= 11 is 0. The van der Waals surface area contributed by atoms with E-state index in [9.17, 15) is 8.78 Å². The molecular weight excluding hydrogens is 523 g/mol. The molecule has 0 radical (unpaired) electrons. The average Bonchev–Trinajstić information content (AvgIpc) is 2.75. The molecule has 7 nitrogen and oxygen atoms in total. The van der Waals surface area contributed by atoms with Crippen molar-refractivity contribution in [1.29, 1.82) is 0 Å². The van der Waals surface area contributed by atoms with Crippen molar-refractivity contribution in [2.45, 2.75) is 19.6 Å². The van der Waals surface area contributed by atoms with Crippen LogP contribution in [0.3, 0.4) is 0 Å². The quantitative estimate of drug-likeness (QED) is 0.266. The number of ether oxygens (including phenoxy) is 4. The Balaban J connectivity index is 0.00000480. The zero-order chi connectivity index (χ0) is 21.9. The summed E-state index contributed by atoms with van der Waals surface area (Å²) in [6, 6.07) is 10.6. The van der Waals surface area contributed by atoms with Gasteiger partial charge in [-0.15, -0.1) is 24.0 Å². The van der Waals surface area contributed by atoms with Crippen LogP contribution in [0.1, 0.15) is 11.1 Å². The van der Waals surface area contributed by atoms with E-state index in [4.69, 9.17) is 14.2 Å². The minimum atomic E-state index is -2.91. The molecule has 172 valence electrons. The second kappa shape index (κ2) is 13.7. The molecule has 0 bridgehead atoms. The number of halogens is 3. The standard InChI is InChI=1S/C21H27F2N3O4.HI/c1-24-21(26-13-15-6-8-16(27-2)18(12-15)29-4)25-10-9-14-5-7-17(28-3)19(11-14)30-20(22)23;/h5-8,11-12,20H,9-10,13H2,1-4H3,(H2,24,25,26);1H. The maximum absolute atomic E-state index is 12.6. The summed E-state index contributed by atoms with van der Waals surface area (Å²) in [4.78, 5) is 4.19. The van der Waals surface area contributed by atoms with Crippen LogP contribution in [0.25, 0.3) is 0 Å². The molecule has 10 heteroatoms. The second-order valence-corrected chi connectivity index (χ2v) is 6.16. The van der Waals surface area contributed by atoms with Crippen LogP contribution >= 0.6 is 24.0 Å². The average molecular weight is 551 g/mol. The topological polar surface area (TPSA) is 73.3 Å². The van der Waals surface area contributed by atoms with Gasteiger partial charge in [0.15, 0.2) is 29.0 Å². The molecule has 0 aromatic heterocycles. The highest BCUT2D eigenvalue weighted by Crippen LogP contribution is 2.29. The molecule has 0 atom stereocenters. The Morgan fingerprint density at radius 2 is 1.45 bits per heavy atom. The van der Waals surface area contributed by atoms with Crippen LogP contribution in [-0.4, -0.2) is 47.5 Å². The van der Waals surface area contributed by atoms with Crippen molar-refractivity contribution in [3.8, 4) is 23.0 Å². The smallest absolute Gasteiger partial charge is 0.387 e. The first-order valence-corrected chi connectivity index (χ1v) is 9.27. The lowest BCUT2D eigenvalue weighted by Gasteiger charge is -2.14. The highest BCUT2D eigenvalue weighted by atomic mass is 127. The van der Waals surface area contributed by atoms with E-state index in [0.717, 1.165) is 11.1 Å². The summed E-state index contributed by atoms with van der Waals surface area (Å²) in [6.45, 7) is -1.83. The number of nitrogens with zero attached hydrogens (tertiary/aromatic N) is 1. The van der Waals surface area contributed by atoms with Gasteiger partial charge in [-0.2, -0.15) is 8.78 Å². The first kappa shape index (κ1) is 26.5. The van der Waals surface area contributed by atoms with Crippen molar-refractivity contribution in [2.75, 3.05) is 34.9 Å². The fourth-order valence-electron chi connectivity index (χ4n) is 2.79. The lowest BCUT2D eigenvalue weighted by molar-refractivity contribution is -0.0512. The Hall–Kier alpha value is -2.50. The Morgan fingerprint density at radius 1 is 0.871 bits per heavy atom. The molecule has 0 amide bonds. The third kappa shape index (κ3) is 8.27. The van der Waals surface area contributed by atoms with Crippen molar-refractivity contribution >= 4 is 29.9 Å². The lowest BCUT2D eigenvalue weighted by atomic mass is 10.1. The van der Waals surface area contributed by atoms with Gasteiger partial charge >= 0.3 is 6.61 Å². The zero-order valence-electron chi connectivity index (χ0n) is 17.9. The number of alkyl halides is 2. The molecule has 0 saturated heterocycles. The summed E-state index contributed by atoms with van der Waals surface area (Å²) in [7, 11) is 6.26. The van der Waals surface area contributed by atoms with Crippen LogP contribution in [0, 0.1) is 0 Å². The van der Waals surface area contributed by atoms with Gasteiger partial charge in [-0.1, -0.05) is 12.1 Å². The molecule has 31 heavy (non-hydrogen) atoms. The fourth-order valence-corrected chi connectivity index (χ4v) is 2.79. The molecule has 0 saturated carbocycles. The number of aliphatic imine (C=N–C) groups is 1. The third-order valence-corrected chi connectivity index (χ3v) is 4.28. The SMILES string of the molecule is CN=C(NCCc1ccc(OC)c(OC(F)F)c1)NCc1ccc(OC)c(OC)c1.I. The van der Waals surface area contributed by atoms with Crippen molar-refractivity contribution in [2.24, 2.45) is 4.99 Å². The first-order chi connectivity index (χ1) is 14.5. The molecule has 2 rings (SSSR count). The Kier molecular flexibility index (Phi) is 11.8. The predicted octanol–water partition coefficient (Wildman–Crippen LogP) is 3.84. The van der Waals surface area contributed by atoms with Gasteiger partial charge in [0.1, 0.15) is 0 Å². The van der Waals surface area contributed by atoms with Gasteiger partial charge in [0.25, 0.3) is 0 Å². The van der Waals surface area contributed by atoms with E-state index >= 15 is 0 Å². The lowest BCUT2D eigenvalue weighted by Crippen LogP contribution is -2.37. The van der Waals surface area contributed by atoms with Gasteiger partial charge in [0.05, 0.1) is 21.3 Å². The maximum atomic E-state index is 12.6. The van der Waals surface area contributed by atoms with Crippen LogP contribution in [0.4, 0.5) is 8.78 Å². The largest absolute Gasteiger partial charge is 0.493 e. The Bertz CT molecular complexity index is 853. The predicted molar refractivity (Wildman–Crippen MR) is 126 cm³/mol. The number of nitrogens with one attached hydrogen (secondary N) is 2. The van der Waals surface area contributed by atoms with Crippen LogP contribution in [0.5, 0.6) is 23.0 Å². The Morgan fingerprint density at radius 3 is 2.03 bits per heavy atom. The zero-order valence-corrected chi connectivity index (χ0v) is 20.2. The van der Waals surface area contributed by atoms with Crippen molar-refractivity contribution in [1.82, 2.24) is 10.6 Å². The molecule has 0 aliphatic carbocycles. The molecule has 0 fully saturated rings. The summed E-state index contributed by atoms with van der Waals surface area (Å²) in [5.74, 6) is 2.21. The number of methoxy groups -OCH3 is 3. The van der Waals surface area contributed by atoms with E-state index in [1.54, 1.807) is 39.5 Å². The van der Waals surface area contributed by atoms with Crippen LogP contribution in [-0.2, 0) is 13.0 Å². The van der Waals surface area contributed by atoms with Gasteiger partial charge < -0.3 is 29.6 Å². The molecule has 0 aliphatic rings. The first-order valence-electron chi connectivity index (χ1n) is 9.27. The maximum Gasteiger partial charge on any atom is 0.387 e. The molecule has 0 unspecified atom stereocenters. The molecule has 2 aromatic carbocycles. The normalized spacial score (nSPS) is 10.9. The third-order valence-electron chi connectivity index (χ3n) is 4.28. The molecule has 2 N–H and O–H groups in total. The Labute approximate surface area is 198 Å². The summed E-state index contributed by atoms with van der Waals surface area (Å²) in [5, 5.41) is 6.41. The molecule has 0 heterocycles. The van der Waals surface area contributed by atoms with Gasteiger partial charge in [0, 0.05) is 20.1 Å². The van der Waals surface area contributed by atoms with Crippen molar-refractivity contribution < 1.29 is 27.7 Å². The van der Waals surface area contributed by atoms with Gasteiger partial charge in [-0.3, -0.25) is 4.99 Å². The van der Waals surface area contributed by atoms with E-state index in [2.05, 4.69) is 20.4 Å². The van der Waals surface area contributed by atoms with Crippen molar-refractivity contribution in [3.63, 3.8) is 0 Å². The number of rotatable bonds is 10. The number of guanidine groups is 1. The molecular formula is C21H28F2IN3O4. The summed E-state index contributed by atoms with van der Waals surface area (Å²) in [5.41, 5.74) is 1.83. The monoisotopic (exact) mass is 551 g/mol. The van der Waals surface area contributed by atoms with E-state index in [1.807, 2.05) is 18.2 Å². The minimum Gasteiger partial charge on any atom is -0.493 e. The van der Waals surface area contributed by atoms with E-state index in [0.29, 0.717) is 37.0 Å².